The van der Waals surface area contributed by atoms with Crippen molar-refractivity contribution in [3.05, 3.63) is 24.3 Å². The van der Waals surface area contributed by atoms with Gasteiger partial charge in [-0.1, -0.05) is 6.07 Å². The van der Waals surface area contributed by atoms with E-state index in [-0.39, 0.29) is 18.6 Å². The number of nitrogens with one attached hydrogen (secondary N) is 1. The Bertz CT molecular complexity index is 369. The van der Waals surface area contributed by atoms with E-state index < -0.39 is 0 Å². The minimum Gasteiger partial charge on any atom is -0.497 e. The third-order valence-corrected chi connectivity index (χ3v) is 2.17. The van der Waals surface area contributed by atoms with Crippen LogP contribution in [0.25, 0.3) is 0 Å². The molecule has 3 N–H and O–H groups in total. The van der Waals surface area contributed by atoms with Crippen LogP contribution in [0, 0.1) is 0 Å². The van der Waals surface area contributed by atoms with Gasteiger partial charge in [0.25, 0.3) is 5.91 Å². The Labute approximate surface area is 101 Å². The van der Waals surface area contributed by atoms with Crippen molar-refractivity contribution in [2.75, 3.05) is 20.3 Å². The summed E-state index contributed by atoms with van der Waals surface area (Å²) in [7, 11) is 1.58. The first-order valence-electron chi connectivity index (χ1n) is 5.42. The molecule has 17 heavy (non-hydrogen) atoms. The van der Waals surface area contributed by atoms with E-state index >= 15 is 0 Å². The van der Waals surface area contributed by atoms with Gasteiger partial charge in [0, 0.05) is 18.7 Å². The highest BCUT2D eigenvalue weighted by Crippen LogP contribution is 2.18. The number of benzene rings is 1. The largest absolute Gasteiger partial charge is 0.497 e. The second-order valence-corrected chi connectivity index (χ2v) is 3.67. The fraction of sp³-hybridized carbons (Fsp3) is 0.417. The summed E-state index contributed by atoms with van der Waals surface area (Å²) in [6.07, 6.45) is 0. The third-order valence-electron chi connectivity index (χ3n) is 2.17. The Balaban J connectivity index is 2.41. The minimum absolute atomic E-state index is 0.0303. The first kappa shape index (κ1) is 13.3. The van der Waals surface area contributed by atoms with Crippen LogP contribution in [0.1, 0.15) is 6.92 Å². The van der Waals surface area contributed by atoms with Crippen molar-refractivity contribution in [1.29, 1.82) is 0 Å². The van der Waals surface area contributed by atoms with Crippen molar-refractivity contribution in [1.82, 2.24) is 5.32 Å². The summed E-state index contributed by atoms with van der Waals surface area (Å²) in [4.78, 5) is 11.4. The van der Waals surface area contributed by atoms with Gasteiger partial charge in [-0.05, 0) is 19.1 Å². The summed E-state index contributed by atoms with van der Waals surface area (Å²) >= 11 is 0. The molecule has 1 unspecified atom stereocenters. The predicted molar refractivity (Wildman–Crippen MR) is 65.1 cm³/mol. The van der Waals surface area contributed by atoms with Gasteiger partial charge < -0.3 is 20.5 Å². The molecular weight excluding hydrogens is 220 g/mol. The number of rotatable bonds is 6. The summed E-state index contributed by atoms with van der Waals surface area (Å²) in [5, 5.41) is 2.71. The van der Waals surface area contributed by atoms with E-state index in [4.69, 9.17) is 15.2 Å². The second kappa shape index (κ2) is 6.75. The van der Waals surface area contributed by atoms with Crippen LogP contribution < -0.4 is 20.5 Å². The van der Waals surface area contributed by atoms with E-state index in [1.165, 1.54) is 0 Å². The molecule has 0 aliphatic rings. The van der Waals surface area contributed by atoms with Crippen LogP contribution in [0.2, 0.25) is 0 Å². The van der Waals surface area contributed by atoms with Crippen LogP contribution in [0.3, 0.4) is 0 Å². The molecule has 94 valence electrons. The number of nitrogens with two attached hydrogens (primary N) is 1. The van der Waals surface area contributed by atoms with Crippen LogP contribution in [0.4, 0.5) is 0 Å². The van der Waals surface area contributed by atoms with E-state index in [0.29, 0.717) is 18.0 Å². The van der Waals surface area contributed by atoms with E-state index in [0.717, 1.165) is 0 Å². The van der Waals surface area contributed by atoms with Crippen molar-refractivity contribution in [2.24, 2.45) is 5.73 Å². The molecule has 0 fully saturated rings. The van der Waals surface area contributed by atoms with E-state index in [9.17, 15) is 4.79 Å². The molecule has 1 aromatic carbocycles. The Morgan fingerprint density at radius 3 is 2.82 bits per heavy atom. The zero-order chi connectivity index (χ0) is 12.7. The molecule has 0 bridgehead atoms. The normalized spacial score (nSPS) is 11.7. The smallest absolute Gasteiger partial charge is 0.258 e. The molecule has 0 spiro atoms. The van der Waals surface area contributed by atoms with Gasteiger partial charge in [0.1, 0.15) is 11.5 Å². The van der Waals surface area contributed by atoms with Gasteiger partial charge in [-0.3, -0.25) is 4.79 Å². The molecule has 0 radical (unpaired) electrons. The van der Waals surface area contributed by atoms with Crippen LogP contribution in [-0.2, 0) is 4.79 Å². The summed E-state index contributed by atoms with van der Waals surface area (Å²) in [5.74, 6) is 1.10. The van der Waals surface area contributed by atoms with Crippen LogP contribution in [0.15, 0.2) is 24.3 Å². The summed E-state index contributed by atoms with van der Waals surface area (Å²) in [6, 6.07) is 7.05. The molecule has 1 aromatic rings. The number of methoxy groups -OCH3 is 1. The molecular formula is C12H18N2O3. The summed E-state index contributed by atoms with van der Waals surface area (Å²) < 4.78 is 10.4. The summed E-state index contributed by atoms with van der Waals surface area (Å²) in [5.41, 5.74) is 5.39. The Hall–Kier alpha value is -1.75. The monoisotopic (exact) mass is 238 g/mol. The number of carbonyl (C=O) groups excluding carboxylic acids is 1. The Morgan fingerprint density at radius 1 is 1.47 bits per heavy atom. The quantitative estimate of drug-likeness (QED) is 0.758. The molecule has 1 rings (SSSR count). The molecule has 1 atom stereocenters. The second-order valence-electron chi connectivity index (χ2n) is 3.67. The molecule has 0 aliphatic carbocycles. The zero-order valence-electron chi connectivity index (χ0n) is 10.1. The van der Waals surface area contributed by atoms with Gasteiger partial charge in [0.05, 0.1) is 7.11 Å². The highest BCUT2D eigenvalue weighted by molar-refractivity contribution is 5.77. The van der Waals surface area contributed by atoms with Crippen molar-refractivity contribution in [3.8, 4) is 11.5 Å². The van der Waals surface area contributed by atoms with Gasteiger partial charge in [-0.25, -0.2) is 0 Å². The van der Waals surface area contributed by atoms with Crippen molar-refractivity contribution in [2.45, 2.75) is 13.0 Å². The third kappa shape index (κ3) is 4.74. The highest BCUT2D eigenvalue weighted by Gasteiger charge is 2.06. The lowest BCUT2D eigenvalue weighted by molar-refractivity contribution is -0.123. The van der Waals surface area contributed by atoms with E-state index in [2.05, 4.69) is 5.32 Å². The maximum atomic E-state index is 11.4. The molecule has 0 aliphatic heterocycles. The molecule has 5 heteroatoms. The first-order valence-corrected chi connectivity index (χ1v) is 5.42. The molecule has 0 aromatic heterocycles. The number of carbonyl (C=O) groups is 1. The average Bonchev–Trinajstić information content (AvgIpc) is 2.36. The first-order chi connectivity index (χ1) is 8.15. The number of ether oxygens (including phenoxy) is 2. The fourth-order valence-corrected chi connectivity index (χ4v) is 1.22. The molecule has 5 nitrogen and oxygen atoms in total. The maximum Gasteiger partial charge on any atom is 0.258 e. The standard InChI is InChI=1S/C12H18N2O3/c1-9(7-13)14-12(15)8-17-11-5-3-4-10(6-11)16-2/h3-6,9H,7-8,13H2,1-2H3,(H,14,15). The van der Waals surface area contributed by atoms with Crippen LogP contribution in [-0.4, -0.2) is 32.2 Å². The predicted octanol–water partition coefficient (Wildman–Crippen LogP) is 0.537. The lowest BCUT2D eigenvalue weighted by atomic mass is 10.3. The van der Waals surface area contributed by atoms with Gasteiger partial charge in [-0.15, -0.1) is 0 Å². The van der Waals surface area contributed by atoms with Crippen molar-refractivity contribution in [3.63, 3.8) is 0 Å². The molecule has 0 saturated carbocycles. The molecule has 1 amide bonds. The molecule has 0 heterocycles. The fourth-order valence-electron chi connectivity index (χ4n) is 1.22. The van der Waals surface area contributed by atoms with Gasteiger partial charge in [-0.2, -0.15) is 0 Å². The number of hydrogen-bond donors (Lipinski definition) is 2. The van der Waals surface area contributed by atoms with Gasteiger partial charge in [0.15, 0.2) is 6.61 Å². The SMILES string of the molecule is COc1cccc(OCC(=O)NC(C)CN)c1. The topological polar surface area (TPSA) is 73.6 Å². The lowest BCUT2D eigenvalue weighted by Gasteiger charge is -2.12. The lowest BCUT2D eigenvalue weighted by Crippen LogP contribution is -2.40. The van der Waals surface area contributed by atoms with Crippen LogP contribution >= 0.6 is 0 Å². The van der Waals surface area contributed by atoms with Gasteiger partial charge >= 0.3 is 0 Å². The zero-order valence-corrected chi connectivity index (χ0v) is 10.1. The summed E-state index contributed by atoms with van der Waals surface area (Å²) in [6.45, 7) is 2.21. The number of amides is 1. The van der Waals surface area contributed by atoms with Crippen LogP contribution in [0.5, 0.6) is 11.5 Å². The minimum atomic E-state index is -0.189. The average molecular weight is 238 g/mol. The Morgan fingerprint density at radius 2 is 2.18 bits per heavy atom. The van der Waals surface area contributed by atoms with Crippen molar-refractivity contribution >= 4 is 5.91 Å². The number of hydrogen-bond acceptors (Lipinski definition) is 4. The highest BCUT2D eigenvalue weighted by atomic mass is 16.5. The molecule has 0 saturated heterocycles. The maximum absolute atomic E-state index is 11.4. The Kier molecular flexibility index (Phi) is 5.29. The van der Waals surface area contributed by atoms with Crippen molar-refractivity contribution < 1.29 is 14.3 Å². The van der Waals surface area contributed by atoms with E-state index in [1.807, 2.05) is 13.0 Å². The van der Waals surface area contributed by atoms with E-state index in [1.54, 1.807) is 25.3 Å². The van der Waals surface area contributed by atoms with Gasteiger partial charge in [0.2, 0.25) is 0 Å².